The van der Waals surface area contributed by atoms with E-state index in [9.17, 15) is 0 Å². The highest BCUT2D eigenvalue weighted by molar-refractivity contribution is 5.20. The van der Waals surface area contributed by atoms with Crippen LogP contribution in [0, 0.1) is 0 Å². The summed E-state index contributed by atoms with van der Waals surface area (Å²) >= 11 is 0. The van der Waals surface area contributed by atoms with Crippen LogP contribution in [0.1, 0.15) is 19.3 Å². The molecule has 2 heterocycles. The fourth-order valence-electron chi connectivity index (χ4n) is 1.11. The van der Waals surface area contributed by atoms with E-state index in [1.165, 1.54) is 38.5 Å². The van der Waals surface area contributed by atoms with Gasteiger partial charge in [-0.2, -0.15) is 0 Å². The minimum atomic E-state index is 0.461. The Labute approximate surface area is 78.6 Å². The summed E-state index contributed by atoms with van der Waals surface area (Å²) in [4.78, 5) is 7.39. The summed E-state index contributed by atoms with van der Waals surface area (Å²) in [5, 5.41) is 3.28. The van der Waals surface area contributed by atoms with E-state index < -0.39 is 0 Å². The zero-order valence-electron chi connectivity index (χ0n) is 7.74. The lowest BCUT2D eigenvalue weighted by molar-refractivity contribution is 0.520. The highest BCUT2D eigenvalue weighted by Crippen LogP contribution is 1.96. The Morgan fingerprint density at radius 1 is 1.15 bits per heavy atom. The van der Waals surface area contributed by atoms with Gasteiger partial charge in [-0.15, -0.1) is 0 Å². The molecule has 0 amide bonds. The van der Waals surface area contributed by atoms with Crippen LogP contribution in [-0.2, 0) is 0 Å². The maximum Gasteiger partial charge on any atom is 0.141 e. The van der Waals surface area contributed by atoms with Gasteiger partial charge in [-0.3, -0.25) is 4.98 Å². The lowest BCUT2D eigenvalue weighted by Gasteiger charge is -2.08. The average molecular weight is 180 g/mol. The van der Waals surface area contributed by atoms with Gasteiger partial charge in [-0.25, -0.2) is 4.98 Å². The van der Waals surface area contributed by atoms with Crippen LogP contribution in [0.3, 0.4) is 0 Å². The molecule has 0 aliphatic carbocycles. The standard InChI is InChI=1S/C5H11N.C4H5N3/c1-2-4-6-5-3-1;5-4-3-6-1-2-7-4/h6H,1-5H2;1-3H,(H2,5,7). The number of aromatic nitrogens is 2. The molecular weight excluding hydrogens is 164 g/mol. The minimum absolute atomic E-state index is 0.461. The summed E-state index contributed by atoms with van der Waals surface area (Å²) in [6, 6.07) is 0. The number of nitrogens with two attached hydrogens (primary N) is 1. The molecule has 0 unspecified atom stereocenters. The van der Waals surface area contributed by atoms with E-state index in [2.05, 4.69) is 15.3 Å². The Hall–Kier alpha value is -1.16. The molecular formula is C9H16N4. The number of anilines is 1. The largest absolute Gasteiger partial charge is 0.382 e. The molecule has 0 saturated carbocycles. The molecule has 3 N–H and O–H groups in total. The summed E-state index contributed by atoms with van der Waals surface area (Å²) in [5.41, 5.74) is 5.18. The van der Waals surface area contributed by atoms with Gasteiger partial charge in [-0.1, -0.05) is 6.42 Å². The average Bonchev–Trinajstić information content (AvgIpc) is 2.22. The Balaban J connectivity index is 0.000000132. The van der Waals surface area contributed by atoms with E-state index in [-0.39, 0.29) is 0 Å². The maximum absolute atomic E-state index is 5.18. The molecule has 13 heavy (non-hydrogen) atoms. The third-order valence-electron chi connectivity index (χ3n) is 1.79. The van der Waals surface area contributed by atoms with Gasteiger partial charge in [0.2, 0.25) is 0 Å². The van der Waals surface area contributed by atoms with Gasteiger partial charge in [0.05, 0.1) is 6.20 Å². The fraction of sp³-hybridized carbons (Fsp3) is 0.556. The van der Waals surface area contributed by atoms with Crippen molar-refractivity contribution in [3.63, 3.8) is 0 Å². The van der Waals surface area contributed by atoms with Crippen LogP contribution in [0.15, 0.2) is 18.6 Å². The van der Waals surface area contributed by atoms with Crippen LogP contribution < -0.4 is 11.1 Å². The lowest BCUT2D eigenvalue weighted by Crippen LogP contribution is -2.21. The van der Waals surface area contributed by atoms with Crippen LogP contribution in [0.5, 0.6) is 0 Å². The first kappa shape index (κ1) is 9.92. The first-order valence-corrected chi connectivity index (χ1v) is 4.62. The molecule has 0 radical (unpaired) electrons. The molecule has 4 nitrogen and oxygen atoms in total. The Kier molecular flexibility index (Phi) is 4.86. The van der Waals surface area contributed by atoms with Gasteiger partial charge in [0.1, 0.15) is 5.82 Å². The molecule has 1 saturated heterocycles. The summed E-state index contributed by atoms with van der Waals surface area (Å²) in [6.45, 7) is 2.50. The highest BCUT2D eigenvalue weighted by Gasteiger charge is 1.93. The van der Waals surface area contributed by atoms with Gasteiger partial charge >= 0.3 is 0 Å². The fourth-order valence-corrected chi connectivity index (χ4v) is 1.11. The number of nitrogen functional groups attached to an aromatic ring is 1. The minimum Gasteiger partial charge on any atom is -0.382 e. The van der Waals surface area contributed by atoms with Crippen molar-refractivity contribution in [3.05, 3.63) is 18.6 Å². The van der Waals surface area contributed by atoms with E-state index in [1.54, 1.807) is 12.4 Å². The van der Waals surface area contributed by atoms with E-state index in [1.807, 2.05) is 0 Å². The highest BCUT2D eigenvalue weighted by atomic mass is 14.9. The van der Waals surface area contributed by atoms with E-state index in [0.717, 1.165) is 0 Å². The number of rotatable bonds is 0. The van der Waals surface area contributed by atoms with Gasteiger partial charge in [-0.05, 0) is 25.9 Å². The molecule has 0 bridgehead atoms. The van der Waals surface area contributed by atoms with Crippen molar-refractivity contribution in [2.24, 2.45) is 0 Å². The number of hydrogen-bond acceptors (Lipinski definition) is 4. The predicted octanol–water partition coefficient (Wildman–Crippen LogP) is 0.819. The molecule has 0 spiro atoms. The van der Waals surface area contributed by atoms with E-state index in [4.69, 9.17) is 5.73 Å². The molecule has 1 aliphatic rings. The zero-order valence-corrected chi connectivity index (χ0v) is 7.74. The van der Waals surface area contributed by atoms with Crippen molar-refractivity contribution in [1.29, 1.82) is 0 Å². The molecule has 0 atom stereocenters. The maximum atomic E-state index is 5.18. The number of hydrogen-bond donors (Lipinski definition) is 2. The normalized spacial score (nSPS) is 15.7. The van der Waals surface area contributed by atoms with Crippen molar-refractivity contribution < 1.29 is 0 Å². The second-order valence-electron chi connectivity index (χ2n) is 2.94. The van der Waals surface area contributed by atoms with Crippen molar-refractivity contribution in [2.45, 2.75) is 19.3 Å². The second-order valence-corrected chi connectivity index (χ2v) is 2.94. The van der Waals surface area contributed by atoms with E-state index >= 15 is 0 Å². The summed E-state index contributed by atoms with van der Waals surface area (Å²) in [5.74, 6) is 0.461. The van der Waals surface area contributed by atoms with Crippen molar-refractivity contribution in [3.8, 4) is 0 Å². The van der Waals surface area contributed by atoms with Crippen LogP contribution in [-0.4, -0.2) is 23.1 Å². The number of nitrogens with zero attached hydrogens (tertiary/aromatic N) is 2. The van der Waals surface area contributed by atoms with Crippen LogP contribution in [0.4, 0.5) is 5.82 Å². The topological polar surface area (TPSA) is 63.8 Å². The van der Waals surface area contributed by atoms with Gasteiger partial charge < -0.3 is 11.1 Å². The molecule has 1 aromatic rings. The third kappa shape index (κ3) is 5.14. The molecule has 4 heteroatoms. The second kappa shape index (κ2) is 6.37. The molecule has 72 valence electrons. The van der Waals surface area contributed by atoms with Crippen LogP contribution in [0.25, 0.3) is 0 Å². The first-order valence-electron chi connectivity index (χ1n) is 4.62. The van der Waals surface area contributed by atoms with Gasteiger partial charge in [0.15, 0.2) is 0 Å². The molecule has 2 rings (SSSR count). The summed E-state index contributed by atoms with van der Waals surface area (Å²) in [6.07, 6.45) is 8.85. The molecule has 0 aromatic carbocycles. The smallest absolute Gasteiger partial charge is 0.141 e. The van der Waals surface area contributed by atoms with Gasteiger partial charge in [0, 0.05) is 12.4 Å². The van der Waals surface area contributed by atoms with Crippen molar-refractivity contribution >= 4 is 5.82 Å². The van der Waals surface area contributed by atoms with Crippen molar-refractivity contribution in [1.82, 2.24) is 15.3 Å². The quantitative estimate of drug-likeness (QED) is 0.620. The van der Waals surface area contributed by atoms with Crippen LogP contribution in [0.2, 0.25) is 0 Å². The number of nitrogens with one attached hydrogen (secondary N) is 1. The monoisotopic (exact) mass is 180 g/mol. The molecule has 1 aliphatic heterocycles. The molecule has 1 fully saturated rings. The zero-order chi connectivity index (χ0) is 9.36. The Bertz CT molecular complexity index is 197. The SMILES string of the molecule is C1CCNCC1.Nc1cnccn1. The first-order chi connectivity index (χ1) is 6.39. The summed E-state index contributed by atoms with van der Waals surface area (Å²) in [7, 11) is 0. The molecule has 1 aromatic heterocycles. The Morgan fingerprint density at radius 3 is 2.15 bits per heavy atom. The predicted molar refractivity (Wildman–Crippen MR) is 53.2 cm³/mol. The van der Waals surface area contributed by atoms with Gasteiger partial charge in [0.25, 0.3) is 0 Å². The van der Waals surface area contributed by atoms with Crippen molar-refractivity contribution in [2.75, 3.05) is 18.8 Å². The third-order valence-corrected chi connectivity index (χ3v) is 1.79. The lowest BCUT2D eigenvalue weighted by atomic mass is 10.2. The Morgan fingerprint density at radius 2 is 1.92 bits per heavy atom. The summed E-state index contributed by atoms with van der Waals surface area (Å²) < 4.78 is 0. The van der Waals surface area contributed by atoms with E-state index in [0.29, 0.717) is 5.82 Å². The van der Waals surface area contributed by atoms with Crippen LogP contribution >= 0.6 is 0 Å². The number of piperidine rings is 1.